The summed E-state index contributed by atoms with van der Waals surface area (Å²) in [6.07, 6.45) is 3.45. The van der Waals surface area contributed by atoms with Crippen LogP contribution in [-0.2, 0) is 13.2 Å². The molecule has 0 unspecified atom stereocenters. The SMILES string of the molecule is CCn1cc(COc2ccccc2Cl)c2c(C(=O)NO)nccc21. The molecule has 1 aromatic carbocycles. The van der Waals surface area contributed by atoms with Crippen molar-refractivity contribution < 1.29 is 14.7 Å². The van der Waals surface area contributed by atoms with Gasteiger partial charge in [0.15, 0.2) is 0 Å². The van der Waals surface area contributed by atoms with Gasteiger partial charge in [0.25, 0.3) is 5.91 Å². The number of carbonyl (C=O) groups excluding carboxylic acids is 1. The Hall–Kier alpha value is -2.57. The molecule has 0 fully saturated rings. The van der Waals surface area contributed by atoms with Gasteiger partial charge in [0, 0.05) is 29.9 Å². The minimum absolute atomic E-state index is 0.153. The summed E-state index contributed by atoms with van der Waals surface area (Å²) in [4.78, 5) is 16.0. The molecular formula is C17H16ClN3O3. The first-order chi connectivity index (χ1) is 11.7. The lowest BCUT2D eigenvalue weighted by atomic mass is 10.1. The molecule has 3 rings (SSSR count). The number of benzene rings is 1. The summed E-state index contributed by atoms with van der Waals surface area (Å²) in [6, 6.07) is 9.01. The Morgan fingerprint density at radius 1 is 1.38 bits per heavy atom. The Balaban J connectivity index is 2.03. The van der Waals surface area contributed by atoms with E-state index in [0.29, 0.717) is 16.2 Å². The number of fused-ring (bicyclic) bond motifs is 1. The van der Waals surface area contributed by atoms with Gasteiger partial charge in [-0.15, -0.1) is 0 Å². The van der Waals surface area contributed by atoms with Gasteiger partial charge in [-0.05, 0) is 25.1 Å². The molecule has 0 radical (unpaired) electrons. The molecule has 7 heteroatoms. The molecule has 0 aliphatic heterocycles. The molecule has 2 aromatic heterocycles. The number of ether oxygens (including phenoxy) is 1. The summed E-state index contributed by atoms with van der Waals surface area (Å²) in [5.41, 5.74) is 3.43. The molecule has 3 aromatic rings. The van der Waals surface area contributed by atoms with Gasteiger partial charge >= 0.3 is 0 Å². The topological polar surface area (TPSA) is 76.4 Å². The van der Waals surface area contributed by atoms with Crippen LogP contribution in [0, 0.1) is 0 Å². The van der Waals surface area contributed by atoms with Crippen molar-refractivity contribution in [3.63, 3.8) is 0 Å². The van der Waals surface area contributed by atoms with Crippen LogP contribution in [0.1, 0.15) is 23.0 Å². The Kier molecular flexibility index (Phi) is 4.69. The van der Waals surface area contributed by atoms with Crippen molar-refractivity contribution in [3.05, 3.63) is 59.0 Å². The Labute approximate surface area is 143 Å². The first-order valence-corrected chi connectivity index (χ1v) is 7.82. The highest BCUT2D eigenvalue weighted by molar-refractivity contribution is 6.32. The van der Waals surface area contributed by atoms with Crippen LogP contribution in [-0.4, -0.2) is 20.7 Å². The number of carbonyl (C=O) groups is 1. The Morgan fingerprint density at radius 2 is 2.17 bits per heavy atom. The van der Waals surface area contributed by atoms with E-state index in [1.165, 1.54) is 6.20 Å². The molecule has 2 heterocycles. The van der Waals surface area contributed by atoms with Gasteiger partial charge in [0.05, 0.1) is 10.5 Å². The molecular weight excluding hydrogens is 330 g/mol. The molecule has 24 heavy (non-hydrogen) atoms. The van der Waals surface area contributed by atoms with Crippen molar-refractivity contribution in [1.29, 1.82) is 0 Å². The van der Waals surface area contributed by atoms with Crippen LogP contribution in [0.3, 0.4) is 0 Å². The maximum Gasteiger partial charge on any atom is 0.293 e. The summed E-state index contributed by atoms with van der Waals surface area (Å²) in [5.74, 6) is -0.0953. The van der Waals surface area contributed by atoms with E-state index in [0.717, 1.165) is 17.6 Å². The fourth-order valence-electron chi connectivity index (χ4n) is 2.64. The fourth-order valence-corrected chi connectivity index (χ4v) is 2.83. The van der Waals surface area contributed by atoms with Crippen molar-refractivity contribution in [3.8, 4) is 5.75 Å². The highest BCUT2D eigenvalue weighted by Gasteiger charge is 2.18. The van der Waals surface area contributed by atoms with Crippen LogP contribution in [0.5, 0.6) is 5.75 Å². The van der Waals surface area contributed by atoms with E-state index >= 15 is 0 Å². The number of aryl methyl sites for hydroxylation is 1. The third kappa shape index (κ3) is 2.93. The van der Waals surface area contributed by atoms with E-state index in [2.05, 4.69) is 4.98 Å². The molecule has 6 nitrogen and oxygen atoms in total. The average molecular weight is 346 g/mol. The Morgan fingerprint density at radius 3 is 2.88 bits per heavy atom. The number of aromatic nitrogens is 2. The van der Waals surface area contributed by atoms with Crippen LogP contribution in [0.4, 0.5) is 0 Å². The molecule has 0 saturated heterocycles. The minimum atomic E-state index is -0.659. The van der Waals surface area contributed by atoms with Gasteiger partial charge < -0.3 is 9.30 Å². The van der Waals surface area contributed by atoms with Gasteiger partial charge in [0.1, 0.15) is 18.1 Å². The summed E-state index contributed by atoms with van der Waals surface area (Å²) >= 11 is 6.11. The number of pyridine rings is 1. The zero-order chi connectivity index (χ0) is 17.1. The quantitative estimate of drug-likeness (QED) is 0.549. The average Bonchev–Trinajstić information content (AvgIpc) is 2.98. The minimum Gasteiger partial charge on any atom is -0.487 e. The monoisotopic (exact) mass is 345 g/mol. The number of halogens is 1. The largest absolute Gasteiger partial charge is 0.487 e. The smallest absolute Gasteiger partial charge is 0.293 e. The molecule has 0 aliphatic rings. The molecule has 1 amide bonds. The second-order valence-electron chi connectivity index (χ2n) is 5.15. The predicted molar refractivity (Wildman–Crippen MR) is 90.4 cm³/mol. The first kappa shape index (κ1) is 16.3. The number of hydroxylamine groups is 1. The van der Waals surface area contributed by atoms with Crippen molar-refractivity contribution >= 4 is 28.4 Å². The summed E-state index contributed by atoms with van der Waals surface area (Å²) in [7, 11) is 0. The molecule has 0 atom stereocenters. The third-order valence-corrected chi connectivity index (χ3v) is 4.06. The number of nitrogens with zero attached hydrogens (tertiary/aromatic N) is 2. The van der Waals surface area contributed by atoms with E-state index in [1.54, 1.807) is 17.6 Å². The zero-order valence-electron chi connectivity index (χ0n) is 13.0. The Bertz CT molecular complexity index is 892. The first-order valence-electron chi connectivity index (χ1n) is 7.44. The second kappa shape index (κ2) is 6.90. The van der Waals surface area contributed by atoms with Crippen LogP contribution in [0.2, 0.25) is 5.02 Å². The molecule has 0 bridgehead atoms. The summed E-state index contributed by atoms with van der Waals surface area (Å²) < 4.78 is 7.79. The fraction of sp³-hybridized carbons (Fsp3) is 0.176. The number of hydrogen-bond acceptors (Lipinski definition) is 4. The van der Waals surface area contributed by atoms with Crippen LogP contribution < -0.4 is 10.2 Å². The molecule has 0 spiro atoms. The summed E-state index contributed by atoms with van der Waals surface area (Å²) in [5, 5.41) is 10.1. The third-order valence-electron chi connectivity index (χ3n) is 3.75. The van der Waals surface area contributed by atoms with Crippen LogP contribution >= 0.6 is 11.6 Å². The number of hydrogen-bond donors (Lipinski definition) is 2. The standard InChI is InChI=1S/C17H16ClN3O3/c1-2-21-9-11(10-24-14-6-4-3-5-12(14)18)15-13(21)7-8-19-16(15)17(22)20-23/h3-9,23H,2,10H2,1H3,(H,20,22). The molecule has 124 valence electrons. The zero-order valence-corrected chi connectivity index (χ0v) is 13.7. The molecule has 2 N–H and O–H groups in total. The van der Waals surface area contributed by atoms with Crippen molar-refractivity contribution in [2.75, 3.05) is 0 Å². The summed E-state index contributed by atoms with van der Waals surface area (Å²) in [6.45, 7) is 2.96. The molecule has 0 saturated carbocycles. The van der Waals surface area contributed by atoms with Crippen molar-refractivity contribution in [2.24, 2.45) is 0 Å². The lowest BCUT2D eigenvalue weighted by molar-refractivity contribution is 0.0702. The van der Waals surface area contributed by atoms with E-state index in [4.69, 9.17) is 21.5 Å². The van der Waals surface area contributed by atoms with E-state index in [9.17, 15) is 4.79 Å². The van der Waals surface area contributed by atoms with Crippen LogP contribution in [0.15, 0.2) is 42.7 Å². The maximum absolute atomic E-state index is 11.9. The second-order valence-corrected chi connectivity index (χ2v) is 5.56. The number of nitrogens with one attached hydrogen (secondary N) is 1. The lowest BCUT2D eigenvalue weighted by Crippen LogP contribution is -2.20. The van der Waals surface area contributed by atoms with E-state index < -0.39 is 5.91 Å². The number of amides is 1. The van der Waals surface area contributed by atoms with E-state index in [-0.39, 0.29) is 12.3 Å². The van der Waals surface area contributed by atoms with Gasteiger partial charge in [0.2, 0.25) is 0 Å². The number of para-hydroxylation sites is 1. The van der Waals surface area contributed by atoms with Crippen molar-refractivity contribution in [2.45, 2.75) is 20.1 Å². The highest BCUT2D eigenvalue weighted by atomic mass is 35.5. The van der Waals surface area contributed by atoms with Gasteiger partial charge in [-0.25, -0.2) is 5.48 Å². The van der Waals surface area contributed by atoms with Gasteiger partial charge in [-0.3, -0.25) is 15.0 Å². The van der Waals surface area contributed by atoms with Crippen LogP contribution in [0.25, 0.3) is 10.9 Å². The normalized spacial score (nSPS) is 10.8. The maximum atomic E-state index is 11.9. The molecule has 0 aliphatic carbocycles. The van der Waals surface area contributed by atoms with E-state index in [1.807, 2.05) is 35.9 Å². The van der Waals surface area contributed by atoms with Crippen molar-refractivity contribution in [1.82, 2.24) is 15.0 Å². The number of rotatable bonds is 5. The highest BCUT2D eigenvalue weighted by Crippen LogP contribution is 2.28. The predicted octanol–water partition coefficient (Wildman–Crippen LogP) is 3.41. The van der Waals surface area contributed by atoms with Gasteiger partial charge in [-0.1, -0.05) is 23.7 Å². The lowest BCUT2D eigenvalue weighted by Gasteiger charge is -2.08. The van der Waals surface area contributed by atoms with Gasteiger partial charge in [-0.2, -0.15) is 0 Å².